The fourth-order valence-electron chi connectivity index (χ4n) is 3.16. The van der Waals surface area contributed by atoms with E-state index in [1.807, 2.05) is 20.8 Å². The van der Waals surface area contributed by atoms with Crippen LogP contribution in [0, 0.1) is 5.41 Å². The van der Waals surface area contributed by atoms with Gasteiger partial charge in [-0.2, -0.15) is 13.2 Å². The average molecular weight is 294 g/mol. The SMILES string of the molecule is CCNCC1(CN(CC(F)(F)F)C(C)C)CCCCC1. The molecule has 0 bridgehead atoms. The molecule has 1 aliphatic carbocycles. The zero-order valence-corrected chi connectivity index (χ0v) is 13.0. The molecule has 0 amide bonds. The average Bonchev–Trinajstić information content (AvgIpc) is 2.35. The van der Waals surface area contributed by atoms with Gasteiger partial charge in [-0.1, -0.05) is 26.2 Å². The largest absolute Gasteiger partial charge is 0.401 e. The van der Waals surface area contributed by atoms with Crippen LogP contribution in [0.5, 0.6) is 0 Å². The number of halogens is 3. The molecule has 20 heavy (non-hydrogen) atoms. The third kappa shape index (κ3) is 6.00. The quantitative estimate of drug-likeness (QED) is 0.768. The zero-order chi connectivity index (χ0) is 15.2. The molecule has 0 spiro atoms. The molecule has 120 valence electrons. The maximum Gasteiger partial charge on any atom is 0.401 e. The van der Waals surface area contributed by atoms with Crippen molar-refractivity contribution in [3.63, 3.8) is 0 Å². The molecule has 1 N–H and O–H groups in total. The van der Waals surface area contributed by atoms with Crippen LogP contribution in [0.15, 0.2) is 0 Å². The molecular formula is C15H29F3N2. The first-order valence-electron chi connectivity index (χ1n) is 7.79. The molecule has 2 nitrogen and oxygen atoms in total. The van der Waals surface area contributed by atoms with Crippen molar-refractivity contribution in [2.75, 3.05) is 26.2 Å². The van der Waals surface area contributed by atoms with Gasteiger partial charge >= 0.3 is 6.18 Å². The number of hydrogen-bond acceptors (Lipinski definition) is 2. The standard InChI is InChI=1S/C15H29F3N2/c1-4-19-10-14(8-6-5-7-9-14)11-20(13(2)3)12-15(16,17)18/h13,19H,4-12H2,1-3H3. The summed E-state index contributed by atoms with van der Waals surface area (Å²) in [5.41, 5.74) is 0.0176. The van der Waals surface area contributed by atoms with Crippen molar-refractivity contribution in [2.24, 2.45) is 5.41 Å². The minimum absolute atomic E-state index is 0.0176. The smallest absolute Gasteiger partial charge is 0.316 e. The second kappa shape index (κ2) is 7.64. The van der Waals surface area contributed by atoms with Crippen molar-refractivity contribution in [1.29, 1.82) is 0 Å². The topological polar surface area (TPSA) is 15.3 Å². The Bertz CT molecular complexity index is 271. The van der Waals surface area contributed by atoms with Crippen LogP contribution in [0.4, 0.5) is 13.2 Å². The third-order valence-electron chi connectivity index (χ3n) is 4.32. The molecule has 0 aliphatic heterocycles. The van der Waals surface area contributed by atoms with Gasteiger partial charge in [-0.3, -0.25) is 4.90 Å². The Labute approximate surface area is 121 Å². The van der Waals surface area contributed by atoms with Gasteiger partial charge in [0.2, 0.25) is 0 Å². The normalized spacial score (nSPS) is 19.8. The Morgan fingerprint density at radius 1 is 1.15 bits per heavy atom. The first kappa shape index (κ1) is 17.8. The Kier molecular flexibility index (Phi) is 6.79. The summed E-state index contributed by atoms with van der Waals surface area (Å²) >= 11 is 0. The van der Waals surface area contributed by atoms with Crippen LogP contribution in [0.2, 0.25) is 0 Å². The summed E-state index contributed by atoms with van der Waals surface area (Å²) in [6.07, 6.45) is 1.47. The first-order valence-corrected chi connectivity index (χ1v) is 7.79. The van der Waals surface area contributed by atoms with E-state index < -0.39 is 12.7 Å². The third-order valence-corrected chi connectivity index (χ3v) is 4.32. The molecule has 5 heteroatoms. The van der Waals surface area contributed by atoms with Crippen molar-refractivity contribution in [1.82, 2.24) is 10.2 Å². The number of nitrogens with zero attached hydrogens (tertiary/aromatic N) is 1. The minimum Gasteiger partial charge on any atom is -0.316 e. The summed E-state index contributed by atoms with van der Waals surface area (Å²) < 4.78 is 38.2. The maximum atomic E-state index is 12.7. The van der Waals surface area contributed by atoms with Crippen molar-refractivity contribution >= 4 is 0 Å². The van der Waals surface area contributed by atoms with E-state index >= 15 is 0 Å². The van der Waals surface area contributed by atoms with E-state index in [1.54, 1.807) is 4.90 Å². The minimum atomic E-state index is -4.11. The van der Waals surface area contributed by atoms with Gasteiger partial charge in [0.05, 0.1) is 6.54 Å². The molecule has 0 aromatic rings. The van der Waals surface area contributed by atoms with Crippen molar-refractivity contribution < 1.29 is 13.2 Å². The summed E-state index contributed by atoms with van der Waals surface area (Å²) in [4.78, 5) is 1.60. The van der Waals surface area contributed by atoms with Crippen LogP contribution in [0.3, 0.4) is 0 Å². The highest BCUT2D eigenvalue weighted by atomic mass is 19.4. The molecule has 0 radical (unpaired) electrons. The zero-order valence-electron chi connectivity index (χ0n) is 13.0. The van der Waals surface area contributed by atoms with Crippen LogP contribution in [-0.2, 0) is 0 Å². The Balaban J connectivity index is 2.73. The van der Waals surface area contributed by atoms with Gasteiger partial charge in [-0.15, -0.1) is 0 Å². The molecule has 0 unspecified atom stereocenters. The lowest BCUT2D eigenvalue weighted by atomic mass is 9.73. The van der Waals surface area contributed by atoms with E-state index in [9.17, 15) is 13.2 Å². The van der Waals surface area contributed by atoms with E-state index in [1.165, 1.54) is 6.42 Å². The second-order valence-corrected chi connectivity index (χ2v) is 6.45. The first-order chi connectivity index (χ1) is 9.28. The van der Waals surface area contributed by atoms with Crippen molar-refractivity contribution in [2.45, 2.75) is 65.1 Å². The highest BCUT2D eigenvalue weighted by molar-refractivity contribution is 4.89. The molecule has 1 saturated carbocycles. The molecule has 0 heterocycles. The van der Waals surface area contributed by atoms with E-state index in [2.05, 4.69) is 5.32 Å². The molecule has 1 fully saturated rings. The predicted molar refractivity (Wildman–Crippen MR) is 76.8 cm³/mol. The molecule has 0 aromatic carbocycles. The van der Waals surface area contributed by atoms with Gasteiger partial charge in [-0.05, 0) is 38.6 Å². The van der Waals surface area contributed by atoms with E-state index in [4.69, 9.17) is 0 Å². The maximum absolute atomic E-state index is 12.7. The van der Waals surface area contributed by atoms with E-state index in [0.29, 0.717) is 6.54 Å². The molecule has 0 atom stereocenters. The van der Waals surface area contributed by atoms with Gasteiger partial charge in [0, 0.05) is 19.1 Å². The lowest BCUT2D eigenvalue weighted by Crippen LogP contribution is -2.50. The summed E-state index contributed by atoms with van der Waals surface area (Å²) in [6.45, 7) is 7.24. The Morgan fingerprint density at radius 3 is 2.20 bits per heavy atom. The van der Waals surface area contributed by atoms with Gasteiger partial charge in [0.15, 0.2) is 0 Å². The molecule has 0 saturated heterocycles. The molecule has 1 rings (SSSR count). The summed E-state index contributed by atoms with van der Waals surface area (Å²) in [7, 11) is 0. The van der Waals surface area contributed by atoms with Crippen LogP contribution >= 0.6 is 0 Å². The van der Waals surface area contributed by atoms with Gasteiger partial charge in [0.1, 0.15) is 0 Å². The number of hydrogen-bond donors (Lipinski definition) is 1. The highest BCUT2D eigenvalue weighted by Gasteiger charge is 2.38. The van der Waals surface area contributed by atoms with Gasteiger partial charge < -0.3 is 5.32 Å². The Hall–Kier alpha value is -0.290. The number of alkyl halides is 3. The van der Waals surface area contributed by atoms with Crippen molar-refractivity contribution in [3.8, 4) is 0 Å². The summed E-state index contributed by atoms with van der Waals surface area (Å²) in [5.74, 6) is 0. The highest BCUT2D eigenvalue weighted by Crippen LogP contribution is 2.37. The lowest BCUT2D eigenvalue weighted by molar-refractivity contribution is -0.154. The fourth-order valence-corrected chi connectivity index (χ4v) is 3.16. The fraction of sp³-hybridized carbons (Fsp3) is 1.00. The predicted octanol–water partition coefficient (Wildman–Crippen LogP) is 3.82. The van der Waals surface area contributed by atoms with Gasteiger partial charge in [-0.25, -0.2) is 0 Å². The molecule has 1 aliphatic rings. The number of rotatable bonds is 7. The Morgan fingerprint density at radius 2 is 1.75 bits per heavy atom. The second-order valence-electron chi connectivity index (χ2n) is 6.45. The summed E-state index contributed by atoms with van der Waals surface area (Å²) in [6, 6.07) is -0.0722. The van der Waals surface area contributed by atoms with Crippen LogP contribution in [0.1, 0.15) is 52.9 Å². The number of nitrogens with one attached hydrogen (secondary N) is 1. The lowest BCUT2D eigenvalue weighted by Gasteiger charge is -2.43. The van der Waals surface area contributed by atoms with E-state index in [-0.39, 0.29) is 11.5 Å². The van der Waals surface area contributed by atoms with Crippen molar-refractivity contribution in [3.05, 3.63) is 0 Å². The summed E-state index contributed by atoms with van der Waals surface area (Å²) in [5, 5.41) is 3.36. The molecular weight excluding hydrogens is 265 g/mol. The van der Waals surface area contributed by atoms with Crippen LogP contribution in [-0.4, -0.2) is 43.3 Å². The molecule has 0 aromatic heterocycles. The monoisotopic (exact) mass is 294 g/mol. The van der Waals surface area contributed by atoms with Crippen LogP contribution < -0.4 is 5.32 Å². The van der Waals surface area contributed by atoms with Gasteiger partial charge in [0.25, 0.3) is 0 Å². The van der Waals surface area contributed by atoms with Crippen LogP contribution in [0.25, 0.3) is 0 Å². The van der Waals surface area contributed by atoms with E-state index in [0.717, 1.165) is 38.8 Å².